The van der Waals surface area contributed by atoms with E-state index < -0.39 is 10.0 Å². The first-order chi connectivity index (χ1) is 13.4. The first kappa shape index (κ1) is 18.6. The van der Waals surface area contributed by atoms with Gasteiger partial charge in [-0.2, -0.15) is 0 Å². The lowest BCUT2D eigenvalue weighted by molar-refractivity contribution is 0.0730. The number of rotatable bonds is 4. The third-order valence-electron chi connectivity index (χ3n) is 5.10. The Hall–Kier alpha value is -2.71. The van der Waals surface area contributed by atoms with Crippen molar-refractivity contribution in [2.24, 2.45) is 0 Å². The Kier molecular flexibility index (Phi) is 4.68. The van der Waals surface area contributed by atoms with Crippen LogP contribution in [0.2, 0.25) is 0 Å². The molecule has 7 nitrogen and oxygen atoms in total. The quantitative estimate of drug-likeness (QED) is 0.732. The maximum atomic E-state index is 13.2. The van der Waals surface area contributed by atoms with Crippen molar-refractivity contribution in [1.29, 1.82) is 0 Å². The molecule has 1 atom stereocenters. The van der Waals surface area contributed by atoms with E-state index in [9.17, 15) is 13.2 Å². The van der Waals surface area contributed by atoms with E-state index in [4.69, 9.17) is 0 Å². The highest BCUT2D eigenvalue weighted by atomic mass is 32.2. The summed E-state index contributed by atoms with van der Waals surface area (Å²) in [5.74, 6) is 0.586. The lowest BCUT2D eigenvalue weighted by Crippen LogP contribution is -2.31. The number of nitrogens with zero attached hydrogens (tertiary/aromatic N) is 3. The summed E-state index contributed by atoms with van der Waals surface area (Å²) in [4.78, 5) is 23.0. The molecule has 1 unspecified atom stereocenters. The van der Waals surface area contributed by atoms with Crippen molar-refractivity contribution >= 4 is 27.0 Å². The number of fused-ring (bicyclic) bond motifs is 1. The molecule has 28 heavy (non-hydrogen) atoms. The fourth-order valence-corrected chi connectivity index (χ4v) is 4.54. The Morgan fingerprint density at radius 1 is 1.18 bits per heavy atom. The average molecular weight is 398 g/mol. The number of hydrogen-bond donors (Lipinski definition) is 1. The molecular formula is C20H22N4O3S. The number of aromatic amines is 1. The summed E-state index contributed by atoms with van der Waals surface area (Å²) in [5.41, 5.74) is 2.18. The summed E-state index contributed by atoms with van der Waals surface area (Å²) in [6.45, 7) is 0.616. The number of benzene rings is 2. The molecule has 0 saturated carbocycles. The highest BCUT2D eigenvalue weighted by Gasteiger charge is 2.33. The SMILES string of the molecule is CN(C)S(=O)(=O)c1cccc(C(=O)N2CCCC2c2nc3ccccc3[nH]2)c1. The molecule has 1 aliphatic heterocycles. The van der Waals surface area contributed by atoms with Gasteiger partial charge in [0.2, 0.25) is 10.0 Å². The van der Waals surface area contributed by atoms with Gasteiger partial charge in [0.1, 0.15) is 5.82 Å². The van der Waals surface area contributed by atoms with Crippen molar-refractivity contribution in [2.75, 3.05) is 20.6 Å². The van der Waals surface area contributed by atoms with Gasteiger partial charge in [-0.15, -0.1) is 0 Å². The highest BCUT2D eigenvalue weighted by molar-refractivity contribution is 7.89. The minimum atomic E-state index is -3.60. The van der Waals surface area contributed by atoms with Crippen molar-refractivity contribution in [3.05, 3.63) is 59.9 Å². The summed E-state index contributed by atoms with van der Waals surface area (Å²) in [6, 6.07) is 13.8. The Labute approximate surface area is 164 Å². The molecule has 0 aliphatic carbocycles. The van der Waals surface area contributed by atoms with Crippen LogP contribution in [0, 0.1) is 0 Å². The second kappa shape index (κ2) is 7.03. The van der Waals surface area contributed by atoms with Crippen molar-refractivity contribution in [1.82, 2.24) is 19.2 Å². The standard InChI is InChI=1S/C20H22N4O3S/c1-23(2)28(26,27)15-8-5-7-14(13-15)20(25)24-12-6-11-18(24)19-21-16-9-3-4-10-17(16)22-19/h3-5,7-10,13,18H,6,11-12H2,1-2H3,(H,21,22). The van der Waals surface area contributed by atoms with E-state index in [1.165, 1.54) is 26.2 Å². The first-order valence-corrected chi connectivity index (χ1v) is 10.6. The van der Waals surface area contributed by atoms with E-state index in [1.807, 2.05) is 24.3 Å². The Morgan fingerprint density at radius 3 is 2.71 bits per heavy atom. The summed E-state index contributed by atoms with van der Waals surface area (Å²) >= 11 is 0. The predicted octanol–water partition coefficient (Wildman–Crippen LogP) is 2.79. The summed E-state index contributed by atoms with van der Waals surface area (Å²) in [7, 11) is -0.647. The maximum absolute atomic E-state index is 13.2. The topological polar surface area (TPSA) is 86.4 Å². The van der Waals surface area contributed by atoms with E-state index in [2.05, 4.69) is 9.97 Å². The fraction of sp³-hybridized carbons (Fsp3) is 0.300. The third-order valence-corrected chi connectivity index (χ3v) is 6.91. The molecule has 1 aliphatic rings. The fourth-order valence-electron chi connectivity index (χ4n) is 3.59. The van der Waals surface area contributed by atoms with Gasteiger partial charge in [0.05, 0.1) is 22.0 Å². The van der Waals surface area contributed by atoms with E-state index in [0.29, 0.717) is 12.1 Å². The van der Waals surface area contributed by atoms with Crippen molar-refractivity contribution in [3.8, 4) is 0 Å². The molecule has 4 rings (SSSR count). The molecule has 8 heteroatoms. The molecule has 1 saturated heterocycles. The largest absolute Gasteiger partial charge is 0.340 e. The number of carbonyl (C=O) groups excluding carboxylic acids is 1. The second-order valence-electron chi connectivity index (χ2n) is 7.11. The number of likely N-dealkylation sites (tertiary alicyclic amines) is 1. The molecule has 1 fully saturated rings. The van der Waals surface area contributed by atoms with Crippen molar-refractivity contribution in [2.45, 2.75) is 23.8 Å². The Morgan fingerprint density at radius 2 is 1.96 bits per heavy atom. The first-order valence-electron chi connectivity index (χ1n) is 9.16. The maximum Gasteiger partial charge on any atom is 0.254 e. The Bertz CT molecular complexity index is 1100. The number of para-hydroxylation sites is 2. The molecule has 1 N–H and O–H groups in total. The molecule has 0 radical (unpaired) electrons. The molecule has 2 aromatic carbocycles. The van der Waals surface area contributed by atoms with Gasteiger partial charge in [-0.05, 0) is 43.2 Å². The zero-order valence-corrected chi connectivity index (χ0v) is 16.6. The van der Waals surface area contributed by atoms with Crippen molar-refractivity contribution < 1.29 is 13.2 Å². The summed E-state index contributed by atoms with van der Waals surface area (Å²) in [6.07, 6.45) is 1.70. The molecule has 146 valence electrons. The number of aromatic nitrogens is 2. The molecule has 0 spiro atoms. The summed E-state index contributed by atoms with van der Waals surface area (Å²) in [5, 5.41) is 0. The van der Waals surface area contributed by atoms with Crippen LogP contribution < -0.4 is 0 Å². The molecule has 1 amide bonds. The lowest BCUT2D eigenvalue weighted by atomic mass is 10.1. The zero-order chi connectivity index (χ0) is 19.9. The van der Waals surface area contributed by atoms with Gasteiger partial charge in [0.15, 0.2) is 0 Å². The van der Waals surface area contributed by atoms with Crippen LogP contribution in [0.25, 0.3) is 11.0 Å². The number of imidazole rings is 1. The predicted molar refractivity (Wildman–Crippen MR) is 106 cm³/mol. The minimum Gasteiger partial charge on any atom is -0.340 e. The van der Waals surface area contributed by atoms with Gasteiger partial charge < -0.3 is 9.88 Å². The number of amides is 1. The van der Waals surface area contributed by atoms with Crippen LogP contribution in [-0.2, 0) is 10.0 Å². The van der Waals surface area contributed by atoms with E-state index in [1.54, 1.807) is 17.0 Å². The van der Waals surface area contributed by atoms with Crippen molar-refractivity contribution in [3.63, 3.8) is 0 Å². The lowest BCUT2D eigenvalue weighted by Gasteiger charge is -2.23. The smallest absolute Gasteiger partial charge is 0.254 e. The molecule has 2 heterocycles. The normalized spacial score (nSPS) is 17.5. The Balaban J connectivity index is 1.66. The number of nitrogens with one attached hydrogen (secondary N) is 1. The van der Waals surface area contributed by atoms with E-state index in [0.717, 1.165) is 34.0 Å². The summed E-state index contributed by atoms with van der Waals surface area (Å²) < 4.78 is 25.9. The highest BCUT2D eigenvalue weighted by Crippen LogP contribution is 2.33. The minimum absolute atomic E-state index is 0.114. The third kappa shape index (κ3) is 3.18. The number of sulfonamides is 1. The average Bonchev–Trinajstić information content (AvgIpc) is 3.33. The van der Waals surface area contributed by atoms with Crippen LogP contribution in [0.4, 0.5) is 0 Å². The van der Waals surface area contributed by atoms with Gasteiger partial charge in [0.25, 0.3) is 5.91 Å². The zero-order valence-electron chi connectivity index (χ0n) is 15.8. The van der Waals surface area contributed by atoms with Gasteiger partial charge in [0, 0.05) is 26.2 Å². The molecular weight excluding hydrogens is 376 g/mol. The second-order valence-corrected chi connectivity index (χ2v) is 9.26. The van der Waals surface area contributed by atoms with Gasteiger partial charge in [-0.1, -0.05) is 18.2 Å². The van der Waals surface area contributed by atoms with Crippen LogP contribution in [-0.4, -0.2) is 54.1 Å². The van der Waals surface area contributed by atoms with Gasteiger partial charge in [-0.25, -0.2) is 17.7 Å². The van der Waals surface area contributed by atoms with E-state index in [-0.39, 0.29) is 16.8 Å². The van der Waals surface area contributed by atoms with Gasteiger partial charge >= 0.3 is 0 Å². The molecule has 3 aromatic rings. The molecule has 0 bridgehead atoms. The van der Waals surface area contributed by atoms with Crippen LogP contribution in [0.3, 0.4) is 0 Å². The van der Waals surface area contributed by atoms with Crippen LogP contribution in [0.5, 0.6) is 0 Å². The molecule has 1 aromatic heterocycles. The number of carbonyl (C=O) groups is 1. The van der Waals surface area contributed by atoms with Crippen LogP contribution in [0.1, 0.15) is 35.1 Å². The number of hydrogen-bond acceptors (Lipinski definition) is 4. The van der Waals surface area contributed by atoms with Gasteiger partial charge in [-0.3, -0.25) is 4.79 Å². The van der Waals surface area contributed by atoms with Crippen LogP contribution in [0.15, 0.2) is 53.4 Å². The number of H-pyrrole nitrogens is 1. The van der Waals surface area contributed by atoms with E-state index >= 15 is 0 Å². The van der Waals surface area contributed by atoms with Crippen LogP contribution >= 0.6 is 0 Å². The monoisotopic (exact) mass is 398 g/mol.